The van der Waals surface area contributed by atoms with E-state index in [1.54, 1.807) is 20.8 Å². The summed E-state index contributed by atoms with van der Waals surface area (Å²) in [5.41, 5.74) is -1.23. The second kappa shape index (κ2) is 7.72. The number of hydrogen-bond acceptors (Lipinski definition) is 5. The van der Waals surface area contributed by atoms with Crippen LogP contribution in [0.3, 0.4) is 0 Å². The molecular weight excluding hydrogens is 399 g/mol. The summed E-state index contributed by atoms with van der Waals surface area (Å²) in [4.78, 5) is 12.0. The number of ether oxygens (including phenoxy) is 1. The van der Waals surface area contributed by atoms with E-state index in [4.69, 9.17) is 4.74 Å². The predicted octanol–water partition coefficient (Wildman–Crippen LogP) is 1.85. The number of benzene rings is 1. The van der Waals surface area contributed by atoms with Gasteiger partial charge in [-0.25, -0.2) is 0 Å². The molecule has 0 aliphatic rings. The van der Waals surface area contributed by atoms with Gasteiger partial charge in [-0.3, -0.25) is 4.79 Å². The van der Waals surface area contributed by atoms with Crippen LogP contribution in [0.15, 0.2) is 24.3 Å². The smallest absolute Gasteiger partial charge is 0.307 e. The summed E-state index contributed by atoms with van der Waals surface area (Å²) in [6.45, 7) is 4.68. The van der Waals surface area contributed by atoms with Gasteiger partial charge < -0.3 is 20.1 Å². The topological polar surface area (TPSA) is 87.0 Å². The van der Waals surface area contributed by atoms with E-state index in [1.165, 1.54) is 0 Å². The Morgan fingerprint density at radius 1 is 1.23 bits per heavy atom. The molecule has 0 fully saturated rings. The second-order valence-corrected chi connectivity index (χ2v) is 7.71. The molecule has 0 aromatic heterocycles. The fourth-order valence-electron chi connectivity index (χ4n) is 2.11. The summed E-state index contributed by atoms with van der Waals surface area (Å²) in [7, 11) is 0. The molecule has 1 aromatic carbocycles. The van der Waals surface area contributed by atoms with Crippen LogP contribution < -0.4 is 0 Å². The molecule has 0 radical (unpaired) electrons. The van der Waals surface area contributed by atoms with Crippen LogP contribution in [0, 0.1) is 8.99 Å². The molecule has 0 heterocycles. The molecule has 0 aliphatic carbocycles. The van der Waals surface area contributed by atoms with Crippen LogP contribution in [0.2, 0.25) is 0 Å². The molecule has 0 spiro atoms. The Morgan fingerprint density at radius 3 is 2.18 bits per heavy atom. The summed E-state index contributed by atoms with van der Waals surface area (Å²) < 4.78 is 6.28. The van der Waals surface area contributed by atoms with Crippen molar-refractivity contribution in [3.8, 4) is 0 Å². The van der Waals surface area contributed by atoms with Crippen LogP contribution in [-0.4, -0.2) is 39.8 Å². The first kappa shape index (κ1) is 19.3. The Labute approximate surface area is 144 Å². The molecule has 1 atom stereocenters. The maximum Gasteiger partial charge on any atom is 0.307 e. The zero-order valence-corrected chi connectivity index (χ0v) is 15.2. The van der Waals surface area contributed by atoms with Gasteiger partial charge in [-0.2, -0.15) is 0 Å². The molecule has 5 nitrogen and oxygen atoms in total. The van der Waals surface area contributed by atoms with E-state index in [2.05, 4.69) is 22.6 Å². The Kier molecular flexibility index (Phi) is 6.79. The van der Waals surface area contributed by atoms with Crippen LogP contribution >= 0.6 is 22.6 Å². The van der Waals surface area contributed by atoms with E-state index in [0.29, 0.717) is 0 Å². The fourth-order valence-corrected chi connectivity index (χ4v) is 2.47. The van der Waals surface area contributed by atoms with Gasteiger partial charge in [-0.15, -0.1) is 0 Å². The molecule has 3 N–H and O–H groups in total. The maximum atomic E-state index is 12.0. The maximum absolute atomic E-state index is 12.0. The van der Waals surface area contributed by atoms with Crippen LogP contribution in [-0.2, 0) is 16.0 Å². The van der Waals surface area contributed by atoms with E-state index in [9.17, 15) is 20.1 Å². The largest absolute Gasteiger partial charge is 0.460 e. The van der Waals surface area contributed by atoms with Crippen LogP contribution in [0.5, 0.6) is 0 Å². The lowest BCUT2D eigenvalue weighted by Gasteiger charge is -2.34. The number of aliphatic hydroxyl groups excluding tert-OH is 2. The van der Waals surface area contributed by atoms with Gasteiger partial charge in [-0.05, 0) is 67.5 Å². The van der Waals surface area contributed by atoms with Gasteiger partial charge in [0.2, 0.25) is 0 Å². The van der Waals surface area contributed by atoms with Gasteiger partial charge in [0.1, 0.15) is 5.60 Å². The highest BCUT2D eigenvalue weighted by Gasteiger charge is 2.40. The minimum atomic E-state index is -1.83. The lowest BCUT2D eigenvalue weighted by Crippen LogP contribution is -2.43. The van der Waals surface area contributed by atoms with Crippen molar-refractivity contribution in [3.05, 3.63) is 33.4 Å². The van der Waals surface area contributed by atoms with E-state index in [0.717, 1.165) is 9.13 Å². The number of hydrogen-bond donors (Lipinski definition) is 3. The van der Waals surface area contributed by atoms with Crippen molar-refractivity contribution in [3.63, 3.8) is 0 Å². The zero-order chi connectivity index (χ0) is 17.0. The Morgan fingerprint density at radius 2 is 1.77 bits per heavy atom. The molecule has 0 amide bonds. The Hall–Kier alpha value is -0.700. The first-order chi connectivity index (χ1) is 10.1. The highest BCUT2D eigenvalue weighted by molar-refractivity contribution is 14.1. The van der Waals surface area contributed by atoms with Crippen molar-refractivity contribution in [2.24, 2.45) is 5.41 Å². The normalized spacial score (nSPS) is 14.7. The SMILES string of the molecule is CC(C)(C)OC(=O)CC(CO)(Cc1ccc(I)cc1)C(O)O. The Bertz CT molecular complexity index is 492. The summed E-state index contributed by atoms with van der Waals surface area (Å²) in [5.74, 6) is -0.569. The quantitative estimate of drug-likeness (QED) is 0.370. The molecule has 0 saturated heterocycles. The number of halogens is 1. The average molecular weight is 422 g/mol. The molecule has 1 aromatic rings. The molecule has 0 saturated carbocycles. The Balaban J connectivity index is 2.94. The first-order valence-corrected chi connectivity index (χ1v) is 8.09. The minimum absolute atomic E-state index is 0.164. The number of carbonyl (C=O) groups excluding carboxylic acids is 1. The lowest BCUT2D eigenvalue weighted by molar-refractivity contribution is -0.180. The van der Waals surface area contributed by atoms with Gasteiger partial charge >= 0.3 is 5.97 Å². The third kappa shape index (κ3) is 5.83. The molecular formula is C16H23IO5. The van der Waals surface area contributed by atoms with Crippen LogP contribution in [0.1, 0.15) is 32.8 Å². The van der Waals surface area contributed by atoms with Crippen molar-refractivity contribution in [1.29, 1.82) is 0 Å². The number of carbonyl (C=O) groups is 1. The third-order valence-corrected chi connectivity index (χ3v) is 3.97. The van der Waals surface area contributed by atoms with Crippen molar-refractivity contribution >= 4 is 28.6 Å². The second-order valence-electron chi connectivity index (χ2n) is 6.46. The van der Waals surface area contributed by atoms with E-state index < -0.39 is 29.9 Å². The third-order valence-electron chi connectivity index (χ3n) is 3.25. The van der Waals surface area contributed by atoms with Gasteiger partial charge in [0.05, 0.1) is 18.4 Å². The van der Waals surface area contributed by atoms with Gasteiger partial charge in [0, 0.05) is 3.57 Å². The van der Waals surface area contributed by atoms with Gasteiger partial charge in [0.15, 0.2) is 6.29 Å². The lowest BCUT2D eigenvalue weighted by atomic mass is 9.78. The summed E-state index contributed by atoms with van der Waals surface area (Å²) in [6.07, 6.45) is -1.94. The molecule has 1 unspecified atom stereocenters. The van der Waals surface area contributed by atoms with Gasteiger partial charge in [-0.1, -0.05) is 12.1 Å². The highest BCUT2D eigenvalue weighted by atomic mass is 127. The van der Waals surface area contributed by atoms with Crippen molar-refractivity contribution in [2.75, 3.05) is 6.61 Å². The number of rotatable bonds is 6. The first-order valence-electron chi connectivity index (χ1n) is 7.01. The van der Waals surface area contributed by atoms with Gasteiger partial charge in [0.25, 0.3) is 0 Å². The predicted molar refractivity (Wildman–Crippen MR) is 91.1 cm³/mol. The van der Waals surface area contributed by atoms with Crippen LogP contribution in [0.25, 0.3) is 0 Å². The van der Waals surface area contributed by atoms with Crippen molar-refractivity contribution in [1.82, 2.24) is 0 Å². The standard InChI is InChI=1S/C16H23IO5/c1-15(2,3)22-13(19)9-16(10-18,14(20)21)8-11-4-6-12(17)7-5-11/h4-7,14,18,20-21H,8-10H2,1-3H3. The van der Waals surface area contributed by atoms with E-state index in [-0.39, 0.29) is 12.8 Å². The molecule has 0 bridgehead atoms. The van der Waals surface area contributed by atoms with Crippen molar-refractivity contribution in [2.45, 2.75) is 45.5 Å². The minimum Gasteiger partial charge on any atom is -0.460 e. The molecule has 0 aliphatic heterocycles. The van der Waals surface area contributed by atoms with E-state index >= 15 is 0 Å². The van der Waals surface area contributed by atoms with Crippen LogP contribution in [0.4, 0.5) is 0 Å². The number of aliphatic hydroxyl groups is 3. The monoisotopic (exact) mass is 422 g/mol. The molecule has 22 heavy (non-hydrogen) atoms. The van der Waals surface area contributed by atoms with Crippen molar-refractivity contribution < 1.29 is 24.9 Å². The highest BCUT2D eigenvalue weighted by Crippen LogP contribution is 2.31. The molecule has 124 valence electrons. The summed E-state index contributed by atoms with van der Waals surface area (Å²) in [5, 5.41) is 29.1. The fraction of sp³-hybridized carbons (Fsp3) is 0.562. The zero-order valence-electron chi connectivity index (χ0n) is 13.0. The summed E-state index contributed by atoms with van der Waals surface area (Å²) in [6, 6.07) is 7.44. The molecule has 6 heteroatoms. The van der Waals surface area contributed by atoms with E-state index in [1.807, 2.05) is 24.3 Å². The average Bonchev–Trinajstić information content (AvgIpc) is 2.38. The summed E-state index contributed by atoms with van der Waals surface area (Å²) >= 11 is 2.17. The molecule has 1 rings (SSSR count). The number of esters is 1.